The molecule has 0 fully saturated rings. The van der Waals surface area contributed by atoms with Gasteiger partial charge in [-0.25, -0.2) is 8.78 Å². The summed E-state index contributed by atoms with van der Waals surface area (Å²) in [6.45, 7) is 3.25. The number of aryl methyl sites for hydroxylation is 2. The summed E-state index contributed by atoms with van der Waals surface area (Å²) in [5, 5.41) is 0. The van der Waals surface area contributed by atoms with Crippen molar-refractivity contribution in [2.45, 2.75) is 13.8 Å². The second-order valence-corrected chi connectivity index (χ2v) is 4.01. The zero-order valence-electron chi connectivity index (χ0n) is 9.88. The molecule has 0 unspecified atom stereocenters. The van der Waals surface area contributed by atoms with E-state index in [2.05, 4.69) is 0 Å². The molecule has 3 nitrogen and oxygen atoms in total. The van der Waals surface area contributed by atoms with E-state index >= 15 is 0 Å². The van der Waals surface area contributed by atoms with E-state index < -0.39 is 28.7 Å². The van der Waals surface area contributed by atoms with Crippen molar-refractivity contribution in [2.75, 3.05) is 5.73 Å². The van der Waals surface area contributed by atoms with Gasteiger partial charge in [-0.2, -0.15) is 0 Å². The molecule has 1 aromatic carbocycles. The van der Waals surface area contributed by atoms with Crippen molar-refractivity contribution < 1.29 is 18.0 Å². The molecule has 0 saturated carbocycles. The van der Waals surface area contributed by atoms with Crippen molar-refractivity contribution in [3.8, 4) is 0 Å². The van der Waals surface area contributed by atoms with Crippen molar-refractivity contribution in [1.82, 2.24) is 0 Å². The Kier molecular flexibility index (Phi) is 2.90. The summed E-state index contributed by atoms with van der Waals surface area (Å²) in [6.07, 6.45) is 0. The van der Waals surface area contributed by atoms with Crippen molar-refractivity contribution in [3.05, 3.63) is 52.5 Å². The highest BCUT2D eigenvalue weighted by molar-refractivity contribution is 6.10. The fraction of sp³-hybridized carbons (Fsp3) is 0.154. The number of anilines is 1. The van der Waals surface area contributed by atoms with E-state index in [0.717, 1.165) is 12.1 Å². The fourth-order valence-corrected chi connectivity index (χ4v) is 1.78. The van der Waals surface area contributed by atoms with Gasteiger partial charge in [0, 0.05) is 0 Å². The summed E-state index contributed by atoms with van der Waals surface area (Å²) in [5.41, 5.74) is 4.71. The molecule has 1 aromatic heterocycles. The van der Waals surface area contributed by atoms with Crippen LogP contribution in [-0.2, 0) is 0 Å². The van der Waals surface area contributed by atoms with Crippen LogP contribution in [0, 0.1) is 25.5 Å². The summed E-state index contributed by atoms with van der Waals surface area (Å²) in [4.78, 5) is 12.1. The van der Waals surface area contributed by atoms with Crippen LogP contribution in [-0.4, -0.2) is 5.78 Å². The Labute approximate surface area is 102 Å². The largest absolute Gasteiger partial charge is 0.466 e. The molecule has 0 saturated heterocycles. The third kappa shape index (κ3) is 1.99. The highest BCUT2D eigenvalue weighted by atomic mass is 19.1. The Hall–Kier alpha value is -2.17. The number of nitrogens with two attached hydrogens (primary N) is 1. The zero-order chi connectivity index (χ0) is 13.4. The first kappa shape index (κ1) is 12.3. The van der Waals surface area contributed by atoms with Crippen LogP contribution in [0.3, 0.4) is 0 Å². The molecule has 94 valence electrons. The van der Waals surface area contributed by atoms with Gasteiger partial charge in [0.05, 0.1) is 16.8 Å². The summed E-state index contributed by atoms with van der Waals surface area (Å²) < 4.78 is 32.1. The molecule has 0 atom stereocenters. The van der Waals surface area contributed by atoms with Crippen molar-refractivity contribution in [3.63, 3.8) is 0 Å². The number of carbonyl (C=O) groups is 1. The summed E-state index contributed by atoms with van der Waals surface area (Å²) in [5.74, 6) is -1.43. The van der Waals surface area contributed by atoms with E-state index in [1.807, 2.05) is 0 Å². The van der Waals surface area contributed by atoms with Crippen LogP contribution in [0.2, 0.25) is 0 Å². The molecule has 2 N–H and O–H groups in total. The Morgan fingerprint density at radius 1 is 1.17 bits per heavy atom. The molecule has 2 rings (SSSR count). The van der Waals surface area contributed by atoms with E-state index in [-0.39, 0.29) is 5.56 Å². The topological polar surface area (TPSA) is 56.2 Å². The molecule has 5 heteroatoms. The molecule has 0 spiro atoms. The van der Waals surface area contributed by atoms with E-state index in [9.17, 15) is 13.6 Å². The van der Waals surface area contributed by atoms with Crippen LogP contribution < -0.4 is 5.73 Å². The van der Waals surface area contributed by atoms with Gasteiger partial charge in [0.2, 0.25) is 0 Å². The Morgan fingerprint density at radius 2 is 1.83 bits per heavy atom. The molecule has 0 aliphatic heterocycles. The first-order chi connectivity index (χ1) is 8.40. The van der Waals surface area contributed by atoms with E-state index in [0.29, 0.717) is 11.5 Å². The number of rotatable bonds is 2. The van der Waals surface area contributed by atoms with Gasteiger partial charge in [-0.3, -0.25) is 4.79 Å². The average molecular weight is 251 g/mol. The molecule has 0 bridgehead atoms. The van der Waals surface area contributed by atoms with Gasteiger partial charge >= 0.3 is 0 Å². The normalized spacial score (nSPS) is 10.7. The maximum Gasteiger partial charge on any atom is 0.199 e. The molecule has 0 amide bonds. The number of benzene rings is 1. The third-order valence-electron chi connectivity index (χ3n) is 2.60. The minimum absolute atomic E-state index is 0.205. The van der Waals surface area contributed by atoms with Crippen LogP contribution in [0.1, 0.15) is 27.4 Å². The Bertz CT molecular complexity index is 632. The Balaban J connectivity index is 2.56. The van der Waals surface area contributed by atoms with Crippen LogP contribution in [0.15, 0.2) is 22.6 Å². The monoisotopic (exact) mass is 251 g/mol. The first-order valence-electron chi connectivity index (χ1n) is 5.26. The first-order valence-corrected chi connectivity index (χ1v) is 5.26. The number of furan rings is 1. The molecule has 2 aromatic rings. The highest BCUT2D eigenvalue weighted by Gasteiger charge is 2.21. The van der Waals surface area contributed by atoms with Gasteiger partial charge < -0.3 is 10.2 Å². The molecular weight excluding hydrogens is 240 g/mol. The van der Waals surface area contributed by atoms with Crippen LogP contribution in [0.4, 0.5) is 14.5 Å². The lowest BCUT2D eigenvalue weighted by atomic mass is 10.0. The number of carbonyl (C=O) groups excluding carboxylic acids is 1. The average Bonchev–Trinajstić information content (AvgIpc) is 2.62. The second kappa shape index (κ2) is 4.25. The zero-order valence-corrected chi connectivity index (χ0v) is 9.88. The summed E-state index contributed by atoms with van der Waals surface area (Å²) in [7, 11) is 0. The van der Waals surface area contributed by atoms with Gasteiger partial charge in [0.1, 0.15) is 17.3 Å². The Morgan fingerprint density at radius 3 is 2.39 bits per heavy atom. The van der Waals surface area contributed by atoms with Crippen molar-refractivity contribution in [1.29, 1.82) is 0 Å². The summed E-state index contributed by atoms with van der Waals surface area (Å²) >= 11 is 0. The van der Waals surface area contributed by atoms with E-state index in [1.54, 1.807) is 13.8 Å². The highest BCUT2D eigenvalue weighted by Crippen LogP contribution is 2.23. The molecule has 0 aliphatic rings. The number of nitrogen functional groups attached to an aromatic ring is 1. The predicted octanol–water partition coefficient (Wildman–Crippen LogP) is 2.99. The van der Waals surface area contributed by atoms with Gasteiger partial charge in [0.25, 0.3) is 0 Å². The molecule has 0 radical (unpaired) electrons. The van der Waals surface area contributed by atoms with Gasteiger partial charge in [-0.05, 0) is 32.0 Å². The van der Waals surface area contributed by atoms with Gasteiger partial charge in [0.15, 0.2) is 11.6 Å². The smallest absolute Gasteiger partial charge is 0.199 e. The standard InChI is InChI=1S/C13H11F2NO2/c1-6-3-9(7(2)18-6)13(17)10-4-8(14)5-11(16)12(10)15/h3-5H,16H2,1-2H3. The molecule has 0 aliphatic carbocycles. The fourth-order valence-electron chi connectivity index (χ4n) is 1.78. The molecule has 18 heavy (non-hydrogen) atoms. The van der Waals surface area contributed by atoms with Crippen LogP contribution in [0.5, 0.6) is 0 Å². The van der Waals surface area contributed by atoms with Crippen LogP contribution >= 0.6 is 0 Å². The van der Waals surface area contributed by atoms with Crippen molar-refractivity contribution >= 4 is 11.5 Å². The third-order valence-corrected chi connectivity index (χ3v) is 2.60. The van der Waals surface area contributed by atoms with Gasteiger partial charge in [-0.1, -0.05) is 0 Å². The van der Waals surface area contributed by atoms with E-state index in [4.69, 9.17) is 10.2 Å². The number of hydrogen-bond donors (Lipinski definition) is 1. The van der Waals surface area contributed by atoms with E-state index in [1.165, 1.54) is 6.07 Å². The molecular formula is C13H11F2NO2. The number of halogens is 2. The SMILES string of the molecule is Cc1cc(C(=O)c2cc(F)cc(N)c2F)c(C)o1. The lowest BCUT2D eigenvalue weighted by molar-refractivity contribution is 0.103. The summed E-state index contributed by atoms with van der Waals surface area (Å²) in [6, 6.07) is 3.15. The number of hydrogen-bond acceptors (Lipinski definition) is 3. The van der Waals surface area contributed by atoms with Crippen molar-refractivity contribution in [2.24, 2.45) is 0 Å². The lowest BCUT2D eigenvalue weighted by Gasteiger charge is -2.04. The quantitative estimate of drug-likeness (QED) is 0.659. The lowest BCUT2D eigenvalue weighted by Crippen LogP contribution is -2.07. The minimum Gasteiger partial charge on any atom is -0.466 e. The second-order valence-electron chi connectivity index (χ2n) is 4.01. The molecule has 1 heterocycles. The maximum atomic E-state index is 13.7. The van der Waals surface area contributed by atoms with Crippen LogP contribution in [0.25, 0.3) is 0 Å². The predicted molar refractivity (Wildman–Crippen MR) is 62.4 cm³/mol. The number of ketones is 1. The minimum atomic E-state index is -0.917. The van der Waals surface area contributed by atoms with Gasteiger partial charge in [-0.15, -0.1) is 0 Å². The maximum absolute atomic E-state index is 13.7.